The van der Waals surface area contributed by atoms with Crippen LogP contribution in [0.15, 0.2) is 224 Å². The van der Waals surface area contributed by atoms with Crippen molar-refractivity contribution in [2.75, 3.05) is 0 Å². The van der Waals surface area contributed by atoms with E-state index in [0.29, 0.717) is 17.5 Å². The van der Waals surface area contributed by atoms with Crippen LogP contribution in [0, 0.1) is 0 Å². The van der Waals surface area contributed by atoms with E-state index < -0.39 is 0 Å². The lowest BCUT2D eigenvalue weighted by Crippen LogP contribution is -2.00. The highest BCUT2D eigenvalue weighted by Gasteiger charge is 2.16. The molecule has 0 unspecified atom stereocenters. The third kappa shape index (κ3) is 7.18. The van der Waals surface area contributed by atoms with Gasteiger partial charge < -0.3 is 0 Å². The van der Waals surface area contributed by atoms with E-state index in [0.717, 1.165) is 88.8 Å². The topological polar surface area (TPSA) is 64.5 Å². The molecule has 0 atom stereocenters. The number of rotatable bonds is 8. The first-order chi connectivity index (χ1) is 30.7. The molecule has 0 aliphatic rings. The van der Waals surface area contributed by atoms with Crippen LogP contribution in [0.5, 0.6) is 0 Å². The summed E-state index contributed by atoms with van der Waals surface area (Å²) in [5, 5.41) is 2.12. The van der Waals surface area contributed by atoms with Gasteiger partial charge in [-0.2, -0.15) is 0 Å². The largest absolute Gasteiger partial charge is 0.245 e. The Bertz CT molecular complexity index is 3350. The van der Waals surface area contributed by atoms with Gasteiger partial charge >= 0.3 is 0 Å². The van der Waals surface area contributed by atoms with Crippen molar-refractivity contribution in [3.63, 3.8) is 0 Å². The molecule has 0 spiro atoms. The Kier molecular flexibility index (Phi) is 9.45. The van der Waals surface area contributed by atoms with Crippen molar-refractivity contribution >= 4 is 21.8 Å². The first-order valence-electron chi connectivity index (χ1n) is 20.7. The van der Waals surface area contributed by atoms with Gasteiger partial charge in [-0.1, -0.05) is 206 Å². The molecule has 0 N–H and O–H groups in total. The van der Waals surface area contributed by atoms with E-state index in [2.05, 4.69) is 182 Å². The first kappa shape index (κ1) is 36.7. The van der Waals surface area contributed by atoms with Crippen LogP contribution < -0.4 is 0 Å². The second-order valence-corrected chi connectivity index (χ2v) is 15.3. The van der Waals surface area contributed by atoms with Crippen LogP contribution in [0.3, 0.4) is 0 Å². The Labute approximate surface area is 359 Å². The lowest BCUT2D eigenvalue weighted by molar-refractivity contribution is 1.07. The molecule has 0 fully saturated rings. The second kappa shape index (κ2) is 16.0. The van der Waals surface area contributed by atoms with Crippen molar-refractivity contribution in [2.45, 2.75) is 0 Å². The molecule has 0 radical (unpaired) electrons. The quantitative estimate of drug-likeness (QED) is 0.143. The Morgan fingerprint density at radius 2 is 0.645 bits per heavy atom. The first-order valence-corrected chi connectivity index (χ1v) is 20.7. The predicted octanol–water partition coefficient (Wildman–Crippen LogP) is 14.3. The van der Waals surface area contributed by atoms with Gasteiger partial charge in [-0.05, 0) is 51.6 Å². The fourth-order valence-electron chi connectivity index (χ4n) is 8.11. The van der Waals surface area contributed by atoms with E-state index >= 15 is 0 Å². The maximum atomic E-state index is 5.30. The third-order valence-electron chi connectivity index (χ3n) is 11.3. The molecular formula is C57H37N5. The van der Waals surface area contributed by atoms with Crippen LogP contribution in [0.1, 0.15) is 0 Å². The molecule has 3 heterocycles. The van der Waals surface area contributed by atoms with Crippen molar-refractivity contribution in [3.8, 4) is 90.1 Å². The van der Waals surface area contributed by atoms with Gasteiger partial charge in [0.05, 0.1) is 22.4 Å². The standard InChI is InChI=1S/C57H37N5/c1-5-14-38(15-6-1)39-26-30-46(31-27-39)56-60-55(45-20-11-4-12-21-45)61-57(62-56)48-23-13-22-47(36-48)40-24-28-43(29-25-40)51-35-33-44-32-34-49-50(41-16-7-2-8-17-41)37-52(42-18-9-3-10-19-42)59-54(49)53(44)58-51/h1-37H. The summed E-state index contributed by atoms with van der Waals surface area (Å²) in [6.07, 6.45) is 0. The molecule has 3 aromatic heterocycles. The maximum Gasteiger partial charge on any atom is 0.164 e. The molecule has 0 amide bonds. The number of nitrogens with zero attached hydrogens (tertiary/aromatic N) is 5. The molecule has 0 aliphatic carbocycles. The summed E-state index contributed by atoms with van der Waals surface area (Å²) in [7, 11) is 0. The Balaban J connectivity index is 0.945. The summed E-state index contributed by atoms with van der Waals surface area (Å²) >= 11 is 0. The Hall–Kier alpha value is -8.41. The van der Waals surface area contributed by atoms with Gasteiger partial charge in [0.2, 0.25) is 0 Å². The summed E-state index contributed by atoms with van der Waals surface area (Å²) in [5.74, 6) is 1.87. The van der Waals surface area contributed by atoms with Gasteiger partial charge in [-0.3, -0.25) is 0 Å². The van der Waals surface area contributed by atoms with E-state index in [1.54, 1.807) is 0 Å². The van der Waals surface area contributed by atoms with Crippen LogP contribution in [0.4, 0.5) is 0 Å². The van der Waals surface area contributed by atoms with E-state index in [1.165, 1.54) is 5.56 Å². The molecule has 5 nitrogen and oxygen atoms in total. The fraction of sp³-hybridized carbons (Fsp3) is 0. The average Bonchev–Trinajstić information content (AvgIpc) is 3.37. The molecular weight excluding hydrogens is 755 g/mol. The zero-order valence-corrected chi connectivity index (χ0v) is 33.6. The highest BCUT2D eigenvalue weighted by molar-refractivity contribution is 6.09. The van der Waals surface area contributed by atoms with Gasteiger partial charge in [0, 0.05) is 38.6 Å². The minimum Gasteiger partial charge on any atom is -0.245 e. The van der Waals surface area contributed by atoms with E-state index in [4.69, 9.17) is 24.9 Å². The average molecular weight is 792 g/mol. The van der Waals surface area contributed by atoms with Crippen molar-refractivity contribution < 1.29 is 0 Å². The van der Waals surface area contributed by atoms with Crippen molar-refractivity contribution in [3.05, 3.63) is 224 Å². The monoisotopic (exact) mass is 791 g/mol. The van der Waals surface area contributed by atoms with Gasteiger partial charge in [0.25, 0.3) is 0 Å². The number of hydrogen-bond acceptors (Lipinski definition) is 5. The zero-order valence-electron chi connectivity index (χ0n) is 33.6. The third-order valence-corrected chi connectivity index (χ3v) is 11.3. The molecule has 290 valence electrons. The molecule has 11 rings (SSSR count). The van der Waals surface area contributed by atoms with Crippen LogP contribution in [0.2, 0.25) is 0 Å². The molecule has 5 heteroatoms. The molecule has 0 bridgehead atoms. The normalized spacial score (nSPS) is 11.2. The van der Waals surface area contributed by atoms with E-state index in [9.17, 15) is 0 Å². The van der Waals surface area contributed by atoms with Gasteiger partial charge in [0.15, 0.2) is 17.5 Å². The smallest absolute Gasteiger partial charge is 0.164 e. The molecule has 0 aliphatic heterocycles. The SMILES string of the molecule is c1ccc(-c2ccc(-c3nc(-c4ccccc4)nc(-c4cccc(-c5ccc(-c6ccc7ccc8c(-c9ccccc9)cc(-c9ccccc9)nc8c7n6)cc5)c4)n3)cc2)cc1. The van der Waals surface area contributed by atoms with E-state index in [1.807, 2.05) is 42.5 Å². The number of hydrogen-bond donors (Lipinski definition) is 0. The van der Waals surface area contributed by atoms with Gasteiger partial charge in [0.1, 0.15) is 0 Å². The minimum atomic E-state index is 0.617. The maximum absolute atomic E-state index is 5.30. The highest BCUT2D eigenvalue weighted by Crippen LogP contribution is 2.37. The molecule has 0 saturated heterocycles. The second-order valence-electron chi connectivity index (χ2n) is 15.3. The number of benzene rings is 8. The van der Waals surface area contributed by atoms with Gasteiger partial charge in [-0.15, -0.1) is 0 Å². The van der Waals surface area contributed by atoms with Crippen LogP contribution in [-0.4, -0.2) is 24.9 Å². The molecule has 62 heavy (non-hydrogen) atoms. The summed E-state index contributed by atoms with van der Waals surface area (Å²) in [5.41, 5.74) is 15.2. The highest BCUT2D eigenvalue weighted by atomic mass is 15.0. The molecule has 0 saturated carbocycles. The zero-order chi connectivity index (χ0) is 41.2. The molecule has 8 aromatic carbocycles. The fourth-order valence-corrected chi connectivity index (χ4v) is 8.11. The summed E-state index contributed by atoms with van der Waals surface area (Å²) in [6, 6.07) is 77.6. The molecule has 11 aromatic rings. The summed E-state index contributed by atoms with van der Waals surface area (Å²) in [4.78, 5) is 25.6. The number of pyridine rings is 2. The lowest BCUT2D eigenvalue weighted by atomic mass is 9.96. The predicted molar refractivity (Wildman–Crippen MR) is 254 cm³/mol. The Morgan fingerprint density at radius 1 is 0.226 bits per heavy atom. The van der Waals surface area contributed by atoms with Crippen LogP contribution >= 0.6 is 0 Å². The van der Waals surface area contributed by atoms with Crippen LogP contribution in [-0.2, 0) is 0 Å². The van der Waals surface area contributed by atoms with Gasteiger partial charge in [-0.25, -0.2) is 24.9 Å². The van der Waals surface area contributed by atoms with Crippen molar-refractivity contribution in [1.82, 2.24) is 24.9 Å². The summed E-state index contributed by atoms with van der Waals surface area (Å²) < 4.78 is 0. The van der Waals surface area contributed by atoms with Crippen molar-refractivity contribution in [2.24, 2.45) is 0 Å². The Morgan fingerprint density at radius 3 is 1.29 bits per heavy atom. The number of fused-ring (bicyclic) bond motifs is 3. The van der Waals surface area contributed by atoms with Crippen LogP contribution in [0.25, 0.3) is 112 Å². The summed E-state index contributed by atoms with van der Waals surface area (Å²) in [6.45, 7) is 0. The minimum absolute atomic E-state index is 0.617. The van der Waals surface area contributed by atoms with E-state index in [-0.39, 0.29) is 0 Å². The number of aromatic nitrogens is 5. The van der Waals surface area contributed by atoms with Crippen molar-refractivity contribution in [1.29, 1.82) is 0 Å². The lowest BCUT2D eigenvalue weighted by Gasteiger charge is -2.13.